The SMILES string of the molecule is C=CC[C@H]1CN(C)C[C@@](CC)(c2cccc(O)c2)O1. The smallest absolute Gasteiger partial charge is 0.115 e. The molecule has 2 atom stereocenters. The van der Waals surface area contributed by atoms with Crippen molar-refractivity contribution in [1.29, 1.82) is 0 Å². The normalized spacial score (nSPS) is 28.2. The van der Waals surface area contributed by atoms with E-state index in [1.165, 1.54) is 0 Å². The van der Waals surface area contributed by atoms with E-state index in [0.29, 0.717) is 5.75 Å². The molecule has 1 saturated heterocycles. The van der Waals surface area contributed by atoms with E-state index in [1.54, 1.807) is 6.07 Å². The average molecular weight is 261 g/mol. The number of hydrogen-bond donors (Lipinski definition) is 1. The van der Waals surface area contributed by atoms with Gasteiger partial charge in [-0.25, -0.2) is 0 Å². The Hall–Kier alpha value is -1.32. The summed E-state index contributed by atoms with van der Waals surface area (Å²) in [6.45, 7) is 7.71. The summed E-state index contributed by atoms with van der Waals surface area (Å²) in [5.74, 6) is 0.294. The molecule has 2 rings (SSSR count). The minimum absolute atomic E-state index is 0.165. The summed E-state index contributed by atoms with van der Waals surface area (Å²) in [5, 5.41) is 9.70. The van der Waals surface area contributed by atoms with E-state index in [0.717, 1.165) is 31.5 Å². The van der Waals surface area contributed by atoms with Crippen molar-refractivity contribution in [2.45, 2.75) is 31.5 Å². The molecule has 19 heavy (non-hydrogen) atoms. The third-order valence-electron chi connectivity index (χ3n) is 3.81. The van der Waals surface area contributed by atoms with Crippen molar-refractivity contribution in [1.82, 2.24) is 4.90 Å². The van der Waals surface area contributed by atoms with Crippen LogP contribution in [0.1, 0.15) is 25.3 Å². The largest absolute Gasteiger partial charge is 0.508 e. The van der Waals surface area contributed by atoms with E-state index < -0.39 is 0 Å². The standard InChI is InChI=1S/C16H23NO2/c1-4-7-15-11-17(3)12-16(5-2,19-15)13-8-6-9-14(18)10-13/h4,6,8-10,15,18H,1,5,7,11-12H2,2-3H3/t15-,16-/m0/s1. The first-order valence-electron chi connectivity index (χ1n) is 6.86. The summed E-state index contributed by atoms with van der Waals surface area (Å²) in [7, 11) is 2.12. The number of phenols is 1. The minimum Gasteiger partial charge on any atom is -0.508 e. The van der Waals surface area contributed by atoms with Crippen LogP contribution in [0.2, 0.25) is 0 Å². The number of ether oxygens (including phenoxy) is 1. The van der Waals surface area contributed by atoms with Gasteiger partial charge in [-0.3, -0.25) is 0 Å². The Morgan fingerprint density at radius 3 is 3.00 bits per heavy atom. The van der Waals surface area contributed by atoms with Gasteiger partial charge in [0.1, 0.15) is 11.4 Å². The number of rotatable bonds is 4. The predicted octanol–water partition coefficient (Wildman–Crippen LogP) is 2.90. The first-order valence-corrected chi connectivity index (χ1v) is 6.86. The molecule has 0 unspecified atom stereocenters. The first-order chi connectivity index (χ1) is 9.09. The number of benzene rings is 1. The molecule has 1 aliphatic heterocycles. The van der Waals surface area contributed by atoms with Gasteiger partial charge in [-0.15, -0.1) is 6.58 Å². The number of nitrogens with zero attached hydrogens (tertiary/aromatic N) is 1. The molecule has 0 saturated carbocycles. The molecule has 3 nitrogen and oxygen atoms in total. The number of aromatic hydroxyl groups is 1. The summed E-state index contributed by atoms with van der Waals surface area (Å²) in [6.07, 6.45) is 3.81. The topological polar surface area (TPSA) is 32.7 Å². The van der Waals surface area contributed by atoms with Gasteiger partial charge in [0.2, 0.25) is 0 Å². The number of likely N-dealkylation sites (N-methyl/N-ethyl adjacent to an activating group) is 1. The van der Waals surface area contributed by atoms with Crippen LogP contribution in [0, 0.1) is 0 Å². The highest BCUT2D eigenvalue weighted by atomic mass is 16.5. The molecule has 1 fully saturated rings. The van der Waals surface area contributed by atoms with Gasteiger partial charge in [0, 0.05) is 13.1 Å². The maximum atomic E-state index is 9.70. The van der Waals surface area contributed by atoms with Crippen molar-refractivity contribution < 1.29 is 9.84 Å². The molecular weight excluding hydrogens is 238 g/mol. The highest BCUT2D eigenvalue weighted by Crippen LogP contribution is 2.36. The highest BCUT2D eigenvalue weighted by Gasteiger charge is 2.39. The van der Waals surface area contributed by atoms with Gasteiger partial charge >= 0.3 is 0 Å². The van der Waals surface area contributed by atoms with E-state index in [-0.39, 0.29) is 11.7 Å². The zero-order chi connectivity index (χ0) is 13.9. The molecule has 0 radical (unpaired) electrons. The molecule has 0 aromatic heterocycles. The lowest BCUT2D eigenvalue weighted by molar-refractivity contribution is -0.156. The third-order valence-corrected chi connectivity index (χ3v) is 3.81. The molecule has 1 aliphatic rings. The predicted molar refractivity (Wildman–Crippen MR) is 77.3 cm³/mol. The van der Waals surface area contributed by atoms with E-state index in [2.05, 4.69) is 25.5 Å². The van der Waals surface area contributed by atoms with Crippen molar-refractivity contribution >= 4 is 0 Å². The molecule has 1 aromatic carbocycles. The van der Waals surface area contributed by atoms with Crippen molar-refractivity contribution in [2.24, 2.45) is 0 Å². The molecule has 0 spiro atoms. The third kappa shape index (κ3) is 2.99. The van der Waals surface area contributed by atoms with Crippen LogP contribution in [0.5, 0.6) is 5.75 Å². The van der Waals surface area contributed by atoms with Gasteiger partial charge in [-0.2, -0.15) is 0 Å². The Bertz CT molecular complexity index is 446. The van der Waals surface area contributed by atoms with Crippen LogP contribution in [0.4, 0.5) is 0 Å². The molecule has 1 heterocycles. The van der Waals surface area contributed by atoms with Crippen molar-refractivity contribution in [3.8, 4) is 5.75 Å². The van der Waals surface area contributed by atoms with Gasteiger partial charge in [-0.05, 0) is 37.6 Å². The van der Waals surface area contributed by atoms with Crippen LogP contribution in [0.15, 0.2) is 36.9 Å². The van der Waals surface area contributed by atoms with Gasteiger partial charge in [0.05, 0.1) is 6.10 Å². The fourth-order valence-corrected chi connectivity index (χ4v) is 2.90. The van der Waals surface area contributed by atoms with E-state index in [4.69, 9.17) is 4.74 Å². The summed E-state index contributed by atoms with van der Waals surface area (Å²) in [6, 6.07) is 7.42. The lowest BCUT2D eigenvalue weighted by atomic mass is 9.88. The first kappa shape index (κ1) is 14.1. The van der Waals surface area contributed by atoms with Crippen LogP contribution in [-0.2, 0) is 10.3 Å². The second kappa shape index (κ2) is 5.76. The Kier molecular flexibility index (Phi) is 4.27. The maximum absolute atomic E-state index is 9.70. The van der Waals surface area contributed by atoms with Crippen LogP contribution in [-0.4, -0.2) is 36.2 Å². The molecular formula is C16H23NO2. The van der Waals surface area contributed by atoms with Crippen LogP contribution >= 0.6 is 0 Å². The van der Waals surface area contributed by atoms with E-state index in [1.807, 2.05) is 24.3 Å². The summed E-state index contributed by atoms with van der Waals surface area (Å²) in [5.41, 5.74) is 0.718. The lowest BCUT2D eigenvalue weighted by Gasteiger charge is -2.45. The van der Waals surface area contributed by atoms with Gasteiger partial charge in [0.25, 0.3) is 0 Å². The highest BCUT2D eigenvalue weighted by molar-refractivity contribution is 5.32. The second-order valence-electron chi connectivity index (χ2n) is 5.36. The fraction of sp³-hybridized carbons (Fsp3) is 0.500. The second-order valence-corrected chi connectivity index (χ2v) is 5.36. The van der Waals surface area contributed by atoms with Crippen molar-refractivity contribution in [3.63, 3.8) is 0 Å². The monoisotopic (exact) mass is 261 g/mol. The lowest BCUT2D eigenvalue weighted by Crippen LogP contribution is -2.52. The zero-order valence-electron chi connectivity index (χ0n) is 11.8. The molecule has 0 amide bonds. The summed E-state index contributed by atoms with van der Waals surface area (Å²) >= 11 is 0. The van der Waals surface area contributed by atoms with Crippen molar-refractivity contribution in [2.75, 3.05) is 20.1 Å². The quantitative estimate of drug-likeness (QED) is 0.846. The Balaban J connectivity index is 2.32. The Morgan fingerprint density at radius 2 is 2.37 bits per heavy atom. The van der Waals surface area contributed by atoms with Crippen LogP contribution in [0.25, 0.3) is 0 Å². The molecule has 0 bridgehead atoms. The van der Waals surface area contributed by atoms with E-state index >= 15 is 0 Å². The average Bonchev–Trinajstić information content (AvgIpc) is 2.38. The van der Waals surface area contributed by atoms with Crippen LogP contribution < -0.4 is 0 Å². The van der Waals surface area contributed by atoms with Gasteiger partial charge < -0.3 is 14.7 Å². The van der Waals surface area contributed by atoms with E-state index in [9.17, 15) is 5.11 Å². The Labute approximate surface area is 115 Å². The number of hydrogen-bond acceptors (Lipinski definition) is 3. The van der Waals surface area contributed by atoms with Gasteiger partial charge in [-0.1, -0.05) is 25.1 Å². The summed E-state index contributed by atoms with van der Waals surface area (Å²) in [4.78, 5) is 2.30. The molecule has 1 aromatic rings. The molecule has 3 heteroatoms. The Morgan fingerprint density at radius 1 is 1.58 bits per heavy atom. The molecule has 0 aliphatic carbocycles. The molecule has 104 valence electrons. The van der Waals surface area contributed by atoms with Crippen LogP contribution in [0.3, 0.4) is 0 Å². The number of phenolic OH excluding ortho intramolecular Hbond substituents is 1. The van der Waals surface area contributed by atoms with Crippen molar-refractivity contribution in [3.05, 3.63) is 42.5 Å². The number of morpholine rings is 1. The van der Waals surface area contributed by atoms with Gasteiger partial charge in [0.15, 0.2) is 0 Å². The zero-order valence-corrected chi connectivity index (χ0v) is 11.8. The minimum atomic E-state index is -0.334. The maximum Gasteiger partial charge on any atom is 0.115 e. The summed E-state index contributed by atoms with van der Waals surface area (Å²) < 4.78 is 6.35. The molecule has 1 N–H and O–H groups in total. The fourth-order valence-electron chi connectivity index (χ4n) is 2.90.